The third kappa shape index (κ3) is 2.87. The first-order chi connectivity index (χ1) is 8.33. The van der Waals surface area contributed by atoms with E-state index in [1.807, 2.05) is 0 Å². The van der Waals surface area contributed by atoms with E-state index in [9.17, 15) is 4.79 Å². The van der Waals surface area contributed by atoms with Crippen LogP contribution in [0.5, 0.6) is 0 Å². The molecule has 1 aliphatic carbocycles. The number of carbonyl (C=O) groups excluding carboxylic acids is 1. The Morgan fingerprint density at radius 1 is 1.44 bits per heavy atom. The van der Waals surface area contributed by atoms with Gasteiger partial charge in [-0.25, -0.2) is 0 Å². The van der Waals surface area contributed by atoms with E-state index in [4.69, 9.17) is 0 Å². The summed E-state index contributed by atoms with van der Waals surface area (Å²) in [4.78, 5) is 14.3. The first-order valence-electron chi connectivity index (χ1n) is 6.46. The van der Waals surface area contributed by atoms with Gasteiger partial charge in [-0.3, -0.25) is 4.79 Å². The van der Waals surface area contributed by atoms with Crippen LogP contribution in [0.3, 0.4) is 0 Å². The average molecular weight is 287 g/mol. The first-order valence-corrected chi connectivity index (χ1v) is 7.28. The van der Waals surface area contributed by atoms with Crippen molar-refractivity contribution in [3.05, 3.63) is 21.4 Å². The highest BCUT2D eigenvalue weighted by Crippen LogP contribution is 2.30. The number of thiophene rings is 1. The molecule has 1 saturated heterocycles. The molecule has 0 bridgehead atoms. The molecule has 1 aromatic heterocycles. The van der Waals surface area contributed by atoms with Gasteiger partial charge >= 0.3 is 0 Å². The normalized spacial score (nSPS) is 21.4. The van der Waals surface area contributed by atoms with E-state index in [1.165, 1.54) is 29.7 Å². The van der Waals surface area contributed by atoms with Gasteiger partial charge in [0.15, 0.2) is 0 Å². The van der Waals surface area contributed by atoms with Gasteiger partial charge in [0.2, 0.25) is 0 Å². The molecule has 3 rings (SSSR count). The summed E-state index contributed by atoms with van der Waals surface area (Å²) in [6.07, 6.45) is 5.99. The zero-order valence-electron chi connectivity index (χ0n) is 10.3. The van der Waals surface area contributed by atoms with Crippen molar-refractivity contribution in [3.8, 4) is 0 Å². The van der Waals surface area contributed by atoms with E-state index in [0.29, 0.717) is 6.04 Å². The predicted molar refractivity (Wildman–Crippen MR) is 76.9 cm³/mol. The van der Waals surface area contributed by atoms with Gasteiger partial charge in [0, 0.05) is 17.5 Å². The van der Waals surface area contributed by atoms with Crippen LogP contribution in [-0.4, -0.2) is 25.0 Å². The molecule has 0 saturated carbocycles. The Bertz CT molecular complexity index is 405. The summed E-state index contributed by atoms with van der Waals surface area (Å²) < 4.78 is 0. The van der Waals surface area contributed by atoms with Crippen molar-refractivity contribution in [2.45, 2.75) is 38.1 Å². The van der Waals surface area contributed by atoms with Crippen LogP contribution in [0.25, 0.3) is 0 Å². The molecule has 1 fully saturated rings. The fourth-order valence-corrected chi connectivity index (χ4v) is 3.84. The molecule has 1 aromatic rings. The average Bonchev–Trinajstić information content (AvgIpc) is 3.01. The minimum atomic E-state index is 0. The minimum absolute atomic E-state index is 0. The zero-order chi connectivity index (χ0) is 11.7. The molecule has 5 heteroatoms. The maximum absolute atomic E-state index is 12.0. The number of aryl methyl sites for hydroxylation is 2. The van der Waals surface area contributed by atoms with Gasteiger partial charge in [-0.15, -0.1) is 23.7 Å². The summed E-state index contributed by atoms with van der Waals surface area (Å²) in [6, 6.07) is 2.57. The highest BCUT2D eigenvalue weighted by atomic mass is 35.5. The van der Waals surface area contributed by atoms with Crippen LogP contribution >= 0.6 is 23.7 Å². The topological polar surface area (TPSA) is 41.1 Å². The Kier molecular flexibility index (Phi) is 4.65. The van der Waals surface area contributed by atoms with Gasteiger partial charge < -0.3 is 10.6 Å². The monoisotopic (exact) mass is 286 g/mol. The maximum atomic E-state index is 12.0. The molecule has 1 aliphatic heterocycles. The second-order valence-corrected chi connectivity index (χ2v) is 6.05. The first kappa shape index (κ1) is 13.8. The van der Waals surface area contributed by atoms with E-state index in [2.05, 4.69) is 16.7 Å². The number of halogens is 1. The summed E-state index contributed by atoms with van der Waals surface area (Å²) in [7, 11) is 0. The van der Waals surface area contributed by atoms with Crippen molar-refractivity contribution in [1.82, 2.24) is 10.6 Å². The van der Waals surface area contributed by atoms with Crippen LogP contribution in [0.1, 0.15) is 39.4 Å². The van der Waals surface area contributed by atoms with Gasteiger partial charge in [0.1, 0.15) is 0 Å². The van der Waals surface area contributed by atoms with Gasteiger partial charge in [0.25, 0.3) is 5.91 Å². The van der Waals surface area contributed by atoms with Crippen LogP contribution in [0, 0.1) is 0 Å². The van der Waals surface area contributed by atoms with Gasteiger partial charge in [-0.05, 0) is 50.3 Å². The highest BCUT2D eigenvalue weighted by molar-refractivity contribution is 7.14. The lowest BCUT2D eigenvalue weighted by molar-refractivity contribution is 0.0954. The third-order valence-corrected chi connectivity index (χ3v) is 4.88. The number of amides is 1. The number of fused-ring (bicyclic) bond motifs is 1. The van der Waals surface area contributed by atoms with Crippen LogP contribution < -0.4 is 10.6 Å². The largest absolute Gasteiger partial charge is 0.350 e. The molecule has 0 radical (unpaired) electrons. The van der Waals surface area contributed by atoms with Gasteiger partial charge in [-0.1, -0.05) is 0 Å². The molecular formula is C13H19ClN2OS. The molecule has 0 spiro atoms. The molecule has 2 heterocycles. The number of nitrogens with one attached hydrogen (secondary N) is 2. The van der Waals surface area contributed by atoms with Crippen molar-refractivity contribution in [3.63, 3.8) is 0 Å². The van der Waals surface area contributed by atoms with Crippen molar-refractivity contribution in [2.75, 3.05) is 13.1 Å². The molecule has 3 nitrogen and oxygen atoms in total. The Morgan fingerprint density at radius 2 is 2.33 bits per heavy atom. The van der Waals surface area contributed by atoms with Crippen molar-refractivity contribution in [2.24, 2.45) is 0 Å². The molecule has 0 aromatic carbocycles. The summed E-state index contributed by atoms with van der Waals surface area (Å²) in [5.41, 5.74) is 1.40. The molecule has 100 valence electrons. The third-order valence-electron chi connectivity index (χ3n) is 3.64. The van der Waals surface area contributed by atoms with Gasteiger partial charge in [-0.2, -0.15) is 0 Å². The van der Waals surface area contributed by atoms with Crippen molar-refractivity contribution >= 4 is 29.7 Å². The molecule has 1 amide bonds. The number of hydrogen-bond donors (Lipinski definition) is 2. The summed E-state index contributed by atoms with van der Waals surface area (Å²) in [5, 5.41) is 6.43. The van der Waals surface area contributed by atoms with E-state index in [0.717, 1.165) is 30.8 Å². The second kappa shape index (κ2) is 6.04. The lowest BCUT2D eigenvalue weighted by Crippen LogP contribution is -2.36. The predicted octanol–water partition coefficient (Wildman–Crippen LogP) is 2.14. The Labute approximate surface area is 118 Å². The molecular weight excluding hydrogens is 268 g/mol. The lowest BCUT2D eigenvalue weighted by Gasteiger charge is -2.10. The fourth-order valence-electron chi connectivity index (χ4n) is 2.67. The zero-order valence-corrected chi connectivity index (χ0v) is 12.0. The smallest absolute Gasteiger partial charge is 0.261 e. The Hall–Kier alpha value is -0.580. The van der Waals surface area contributed by atoms with E-state index in [1.54, 1.807) is 11.3 Å². The van der Waals surface area contributed by atoms with E-state index in [-0.39, 0.29) is 18.3 Å². The quantitative estimate of drug-likeness (QED) is 0.894. The van der Waals surface area contributed by atoms with E-state index >= 15 is 0 Å². The van der Waals surface area contributed by atoms with Gasteiger partial charge in [0.05, 0.1) is 4.88 Å². The standard InChI is InChI=1S/C13H18N2OS.ClH/c16-13(15-8-10-4-2-6-14-10)12-7-9-3-1-5-11(9)17-12;/h7,10,14H,1-6,8H2,(H,15,16);1H. The number of carbonyl (C=O) groups is 1. The van der Waals surface area contributed by atoms with E-state index < -0.39 is 0 Å². The molecule has 18 heavy (non-hydrogen) atoms. The van der Waals surface area contributed by atoms with Crippen molar-refractivity contribution in [1.29, 1.82) is 0 Å². The van der Waals surface area contributed by atoms with Crippen molar-refractivity contribution < 1.29 is 4.79 Å². The van der Waals surface area contributed by atoms with Crippen LogP contribution in [-0.2, 0) is 12.8 Å². The summed E-state index contributed by atoms with van der Waals surface area (Å²) >= 11 is 1.68. The molecule has 2 N–H and O–H groups in total. The number of rotatable bonds is 3. The van der Waals surface area contributed by atoms with Crippen LogP contribution in [0.2, 0.25) is 0 Å². The molecule has 1 atom stereocenters. The maximum Gasteiger partial charge on any atom is 0.261 e. The fraction of sp³-hybridized carbons (Fsp3) is 0.615. The minimum Gasteiger partial charge on any atom is -0.350 e. The lowest BCUT2D eigenvalue weighted by atomic mass is 10.2. The molecule has 1 unspecified atom stereocenters. The SMILES string of the molecule is Cl.O=C(NCC1CCCN1)c1cc2c(s1)CCC2. The van der Waals surface area contributed by atoms with Crippen LogP contribution in [0.15, 0.2) is 6.07 Å². The summed E-state index contributed by atoms with van der Waals surface area (Å²) in [6.45, 7) is 1.86. The second-order valence-electron chi connectivity index (χ2n) is 4.92. The summed E-state index contributed by atoms with van der Waals surface area (Å²) in [5.74, 6) is 0.109. The molecule has 2 aliphatic rings. The van der Waals surface area contributed by atoms with Crippen LogP contribution in [0.4, 0.5) is 0 Å². The Balaban J connectivity index is 0.00000120. The highest BCUT2D eigenvalue weighted by Gasteiger charge is 2.19. The number of hydrogen-bond acceptors (Lipinski definition) is 3. The Morgan fingerprint density at radius 3 is 3.06 bits per heavy atom.